The minimum atomic E-state index is -0.926. The smallest absolute Gasteiger partial charge is 0.246 e. The summed E-state index contributed by atoms with van der Waals surface area (Å²) in [5.74, 6) is -0.528. The predicted molar refractivity (Wildman–Crippen MR) is 183 cm³/mol. The van der Waals surface area contributed by atoms with Gasteiger partial charge in [-0.05, 0) is 36.3 Å². The number of rotatable bonds is 20. The Bertz CT molecular complexity index is 1250. The molecule has 3 rings (SSSR count). The fourth-order valence-corrected chi connectivity index (χ4v) is 6.24. The Labute approximate surface area is 287 Å². The summed E-state index contributed by atoms with van der Waals surface area (Å²) in [5.41, 5.74) is 4.10. The second kappa shape index (κ2) is 20.0. The normalized spacial score (nSPS) is 17.1. The number of carbonyl (C=O) groups is 3. The molecule has 3 atom stereocenters. The number of nitrogens with one attached hydrogen (secondary N) is 2. The number of hydrogen-bond donors (Lipinski definition) is 3. The lowest BCUT2D eigenvalue weighted by molar-refractivity contribution is -0.144. The van der Waals surface area contributed by atoms with Crippen LogP contribution in [0.5, 0.6) is 0 Å². The van der Waals surface area contributed by atoms with Gasteiger partial charge in [-0.2, -0.15) is 0 Å². The summed E-state index contributed by atoms with van der Waals surface area (Å²) in [4.78, 5) is 46.6. The summed E-state index contributed by atoms with van der Waals surface area (Å²) in [6, 6.07) is 6.10. The molecule has 1 aromatic carbocycles. The van der Waals surface area contributed by atoms with E-state index in [1.165, 1.54) is 4.90 Å². The van der Waals surface area contributed by atoms with Crippen LogP contribution < -0.4 is 10.6 Å². The van der Waals surface area contributed by atoms with Gasteiger partial charge in [0.2, 0.25) is 17.7 Å². The maximum atomic E-state index is 13.8. The second-order valence-corrected chi connectivity index (χ2v) is 14.1. The molecule has 1 aliphatic heterocycles. The molecule has 3 amide bonds. The quantitative estimate of drug-likeness (QED) is 0.139. The highest BCUT2D eigenvalue weighted by atomic mass is 35.5. The second-order valence-electron chi connectivity index (χ2n) is 12.8. The lowest BCUT2D eigenvalue weighted by Gasteiger charge is -2.35. The van der Waals surface area contributed by atoms with Crippen LogP contribution in [0.2, 0.25) is 0 Å². The number of ether oxygens (including phenoxy) is 3. The molecule has 13 heteroatoms. The van der Waals surface area contributed by atoms with Crippen LogP contribution in [-0.4, -0.2) is 103 Å². The minimum Gasteiger partial charge on any atom is -0.391 e. The number of carbonyl (C=O) groups excluding carboxylic acids is 3. The van der Waals surface area contributed by atoms with E-state index < -0.39 is 35.4 Å². The Morgan fingerprint density at radius 2 is 1.68 bits per heavy atom. The third-order valence-electron chi connectivity index (χ3n) is 7.86. The highest BCUT2D eigenvalue weighted by Crippen LogP contribution is 2.28. The van der Waals surface area contributed by atoms with Crippen molar-refractivity contribution in [1.29, 1.82) is 0 Å². The number of nitrogens with zero attached hydrogens (tertiary/aromatic N) is 2. The lowest BCUT2D eigenvalue weighted by atomic mass is 9.85. The first kappa shape index (κ1) is 38.8. The van der Waals surface area contributed by atoms with Crippen molar-refractivity contribution in [3.8, 4) is 10.4 Å². The molecule has 1 saturated heterocycles. The van der Waals surface area contributed by atoms with E-state index in [0.717, 1.165) is 47.4 Å². The van der Waals surface area contributed by atoms with Crippen LogP contribution in [0.1, 0.15) is 64.1 Å². The molecule has 0 spiro atoms. The molecule has 1 aliphatic rings. The molecule has 3 N–H and O–H groups in total. The van der Waals surface area contributed by atoms with Gasteiger partial charge in [0.1, 0.15) is 18.7 Å². The number of likely N-dealkylation sites (tertiary alicyclic amines) is 1. The van der Waals surface area contributed by atoms with Crippen LogP contribution in [0, 0.1) is 12.3 Å². The van der Waals surface area contributed by atoms with Gasteiger partial charge in [0.25, 0.3) is 0 Å². The van der Waals surface area contributed by atoms with Gasteiger partial charge in [0.15, 0.2) is 0 Å². The molecular weight excluding hydrogens is 644 g/mol. The first-order valence-corrected chi connectivity index (χ1v) is 17.8. The Hall–Kier alpha value is -2.61. The number of unbranched alkanes of at least 4 members (excludes halogenated alkanes) is 3. The monoisotopic (exact) mass is 694 g/mol. The number of aliphatic hydroxyl groups excluding tert-OH is 1. The van der Waals surface area contributed by atoms with Crippen molar-refractivity contribution in [1.82, 2.24) is 20.5 Å². The number of benzene rings is 1. The van der Waals surface area contributed by atoms with E-state index in [9.17, 15) is 19.5 Å². The highest BCUT2D eigenvalue weighted by Gasteiger charge is 2.44. The summed E-state index contributed by atoms with van der Waals surface area (Å²) in [6.45, 7) is 9.69. The van der Waals surface area contributed by atoms with Crippen molar-refractivity contribution in [2.24, 2.45) is 5.41 Å². The lowest BCUT2D eigenvalue weighted by Crippen LogP contribution is -2.58. The highest BCUT2D eigenvalue weighted by molar-refractivity contribution is 7.13. The Balaban J connectivity index is 1.42. The molecule has 1 aromatic heterocycles. The van der Waals surface area contributed by atoms with E-state index in [1.54, 1.807) is 11.3 Å². The van der Waals surface area contributed by atoms with E-state index in [0.29, 0.717) is 32.3 Å². The van der Waals surface area contributed by atoms with Crippen LogP contribution >= 0.6 is 22.9 Å². The van der Waals surface area contributed by atoms with Crippen LogP contribution in [0.3, 0.4) is 0 Å². The Kier molecular flexibility index (Phi) is 16.6. The van der Waals surface area contributed by atoms with Crippen molar-refractivity contribution >= 4 is 40.7 Å². The van der Waals surface area contributed by atoms with Gasteiger partial charge in [-0.3, -0.25) is 14.4 Å². The van der Waals surface area contributed by atoms with Crippen LogP contribution in [-0.2, 0) is 35.1 Å². The van der Waals surface area contributed by atoms with Gasteiger partial charge in [-0.15, -0.1) is 22.9 Å². The average molecular weight is 695 g/mol. The zero-order valence-corrected chi connectivity index (χ0v) is 29.7. The Morgan fingerprint density at radius 3 is 2.32 bits per heavy atom. The molecule has 2 heterocycles. The average Bonchev–Trinajstić information content (AvgIpc) is 3.65. The summed E-state index contributed by atoms with van der Waals surface area (Å²) in [6.07, 6.45) is 3.53. The maximum Gasteiger partial charge on any atom is 0.246 e. The molecule has 47 heavy (non-hydrogen) atoms. The third kappa shape index (κ3) is 13.1. The standard InChI is InChI=1S/C34H51ClN4O7S/c1-24-30(47-23-37-24)26-11-9-25(10-12-26)20-36-32(42)28-19-27(40)21-39(28)33(43)31(34(2,3)4)38-29(41)22-46-18-17-45-16-15-44-14-8-6-5-7-13-35/h9-12,23,27-28,31,40H,5-8,13-22H2,1-4H3,(H,36,42)(H,38,41). The molecule has 0 aliphatic carbocycles. The van der Waals surface area contributed by atoms with Gasteiger partial charge in [0.05, 0.1) is 48.6 Å². The van der Waals surface area contributed by atoms with Gasteiger partial charge in [-0.1, -0.05) is 57.9 Å². The van der Waals surface area contributed by atoms with E-state index in [4.69, 9.17) is 25.8 Å². The van der Waals surface area contributed by atoms with Crippen LogP contribution in [0.4, 0.5) is 0 Å². The van der Waals surface area contributed by atoms with Crippen molar-refractivity contribution < 1.29 is 33.7 Å². The fraction of sp³-hybridized carbons (Fsp3) is 0.647. The van der Waals surface area contributed by atoms with Crippen molar-refractivity contribution in [3.05, 3.63) is 41.0 Å². The SMILES string of the molecule is Cc1ncsc1-c1ccc(CNC(=O)C2CC(O)CN2C(=O)C(NC(=O)COCCOCCOCCCCCCCl)C(C)(C)C)cc1. The summed E-state index contributed by atoms with van der Waals surface area (Å²) >= 11 is 7.25. The van der Waals surface area contributed by atoms with Gasteiger partial charge in [-0.25, -0.2) is 4.98 Å². The number of β-amino-alcohol motifs (C(OH)–C–C–N with tert-alkyl or cyclic N) is 1. The molecular formula is C34H51ClN4O7S. The van der Waals surface area contributed by atoms with E-state index in [-0.39, 0.29) is 38.6 Å². The number of thiazole rings is 1. The first-order chi connectivity index (χ1) is 22.5. The summed E-state index contributed by atoms with van der Waals surface area (Å²) in [5, 5.41) is 16.1. The summed E-state index contributed by atoms with van der Waals surface area (Å²) in [7, 11) is 0. The van der Waals surface area contributed by atoms with E-state index in [1.807, 2.05) is 57.5 Å². The number of aliphatic hydroxyl groups is 1. The van der Waals surface area contributed by atoms with Crippen LogP contribution in [0.15, 0.2) is 29.8 Å². The largest absolute Gasteiger partial charge is 0.391 e. The fourth-order valence-electron chi connectivity index (χ4n) is 5.24. The molecule has 2 aromatic rings. The molecule has 0 bridgehead atoms. The molecule has 3 unspecified atom stereocenters. The summed E-state index contributed by atoms with van der Waals surface area (Å²) < 4.78 is 16.5. The molecule has 11 nitrogen and oxygen atoms in total. The molecule has 0 radical (unpaired) electrons. The number of amides is 3. The zero-order chi connectivity index (χ0) is 34.2. The van der Waals surface area contributed by atoms with Gasteiger partial charge < -0.3 is 34.9 Å². The van der Waals surface area contributed by atoms with Crippen molar-refractivity contribution in [2.45, 2.75) is 84.5 Å². The van der Waals surface area contributed by atoms with Crippen LogP contribution in [0.25, 0.3) is 10.4 Å². The maximum absolute atomic E-state index is 13.8. The number of halogens is 1. The molecule has 0 saturated carbocycles. The van der Waals surface area contributed by atoms with Gasteiger partial charge >= 0.3 is 0 Å². The number of alkyl halides is 1. The molecule has 1 fully saturated rings. The number of aromatic nitrogens is 1. The third-order valence-corrected chi connectivity index (χ3v) is 9.11. The minimum absolute atomic E-state index is 0.00779. The van der Waals surface area contributed by atoms with E-state index in [2.05, 4.69) is 15.6 Å². The predicted octanol–water partition coefficient (Wildman–Crippen LogP) is 4.08. The van der Waals surface area contributed by atoms with Gasteiger partial charge in [0, 0.05) is 32.0 Å². The topological polar surface area (TPSA) is 139 Å². The van der Waals surface area contributed by atoms with E-state index >= 15 is 0 Å². The van der Waals surface area contributed by atoms with Crippen molar-refractivity contribution in [3.63, 3.8) is 0 Å². The number of aryl methyl sites for hydroxylation is 1. The first-order valence-electron chi connectivity index (χ1n) is 16.4. The Morgan fingerprint density at radius 1 is 1.02 bits per heavy atom. The molecule has 262 valence electrons. The van der Waals surface area contributed by atoms with Crippen molar-refractivity contribution in [2.75, 3.05) is 52.1 Å². The number of hydrogen-bond acceptors (Lipinski definition) is 9. The zero-order valence-electron chi connectivity index (χ0n) is 28.1.